The number of carboxylic acid groups (broad SMARTS) is 2. The Balaban J connectivity index is 0.000000235. The van der Waals surface area contributed by atoms with Crippen molar-refractivity contribution in [3.63, 3.8) is 0 Å². The van der Waals surface area contributed by atoms with Crippen LogP contribution in [0.2, 0.25) is 0 Å². The van der Waals surface area contributed by atoms with Gasteiger partial charge in [-0.25, -0.2) is 4.79 Å². The highest BCUT2D eigenvalue weighted by Gasteiger charge is 2.34. The Morgan fingerprint density at radius 1 is 1.43 bits per heavy atom. The van der Waals surface area contributed by atoms with Gasteiger partial charge in [0.25, 0.3) is 0 Å². The smallest absolute Gasteiger partial charge is 0.331 e. The standard InChI is InChI=1S/C9H10O4.C6H9NO/c1-9(8(12)13)4-2-3-6(5-9)7(10)11;1-2-7-5-3-4-6(7)8/h2-4H,5H2,1H3,(H,10,11)(H,12,13);2H,1,3-5H2. The average molecular weight is 293 g/mol. The van der Waals surface area contributed by atoms with Crippen LogP contribution in [0, 0.1) is 5.41 Å². The van der Waals surface area contributed by atoms with Gasteiger partial charge in [-0.3, -0.25) is 9.59 Å². The molecule has 114 valence electrons. The van der Waals surface area contributed by atoms with Gasteiger partial charge >= 0.3 is 11.9 Å². The molecule has 1 fully saturated rings. The second kappa shape index (κ2) is 6.88. The number of hydrogen-bond donors (Lipinski definition) is 2. The molecule has 0 aromatic carbocycles. The highest BCUT2D eigenvalue weighted by atomic mass is 16.4. The number of likely N-dealkylation sites (tertiary alicyclic amines) is 1. The molecule has 21 heavy (non-hydrogen) atoms. The van der Waals surface area contributed by atoms with Crippen LogP contribution >= 0.6 is 0 Å². The van der Waals surface area contributed by atoms with E-state index in [0.29, 0.717) is 6.42 Å². The van der Waals surface area contributed by atoms with Gasteiger partial charge in [-0.1, -0.05) is 24.8 Å². The Morgan fingerprint density at radius 3 is 2.48 bits per heavy atom. The molecular weight excluding hydrogens is 274 g/mol. The molecule has 1 heterocycles. The molecule has 2 N–H and O–H groups in total. The molecular formula is C15H19NO5. The number of aliphatic carboxylic acids is 2. The van der Waals surface area contributed by atoms with E-state index in [2.05, 4.69) is 6.58 Å². The number of allylic oxidation sites excluding steroid dienone is 2. The summed E-state index contributed by atoms with van der Waals surface area (Å²) in [4.78, 5) is 33.7. The summed E-state index contributed by atoms with van der Waals surface area (Å²) in [6.45, 7) is 5.86. The van der Waals surface area contributed by atoms with Gasteiger partial charge in [0.1, 0.15) is 0 Å². The third-order valence-corrected chi connectivity index (χ3v) is 3.41. The number of nitrogens with zero attached hydrogens (tertiary/aromatic N) is 1. The van der Waals surface area contributed by atoms with Crippen LogP contribution in [0.15, 0.2) is 36.6 Å². The van der Waals surface area contributed by atoms with E-state index in [0.717, 1.165) is 13.0 Å². The Morgan fingerprint density at radius 2 is 2.10 bits per heavy atom. The zero-order chi connectivity index (χ0) is 16.0. The van der Waals surface area contributed by atoms with E-state index in [1.807, 2.05) is 0 Å². The molecule has 0 bridgehead atoms. The summed E-state index contributed by atoms with van der Waals surface area (Å²) in [6, 6.07) is 0. The van der Waals surface area contributed by atoms with Crippen LogP contribution in [0.1, 0.15) is 26.2 Å². The van der Waals surface area contributed by atoms with Crippen molar-refractivity contribution in [1.29, 1.82) is 0 Å². The van der Waals surface area contributed by atoms with Crippen LogP contribution < -0.4 is 0 Å². The van der Waals surface area contributed by atoms with E-state index in [-0.39, 0.29) is 17.9 Å². The van der Waals surface area contributed by atoms with E-state index in [1.54, 1.807) is 11.1 Å². The zero-order valence-electron chi connectivity index (χ0n) is 11.9. The SMILES string of the molecule is C=CN1CCCC1=O.CC1(C(=O)O)C=CC=C(C(=O)O)C1. The fourth-order valence-corrected chi connectivity index (χ4v) is 2.05. The molecule has 6 heteroatoms. The van der Waals surface area contributed by atoms with E-state index in [9.17, 15) is 14.4 Å². The minimum atomic E-state index is -1.08. The first-order valence-electron chi connectivity index (χ1n) is 6.57. The van der Waals surface area contributed by atoms with Crippen molar-refractivity contribution in [2.75, 3.05) is 6.54 Å². The van der Waals surface area contributed by atoms with Gasteiger partial charge < -0.3 is 15.1 Å². The number of amides is 1. The van der Waals surface area contributed by atoms with E-state index < -0.39 is 17.4 Å². The Hall–Kier alpha value is -2.37. The minimum Gasteiger partial charge on any atom is -0.481 e. The first kappa shape index (κ1) is 16.7. The van der Waals surface area contributed by atoms with E-state index >= 15 is 0 Å². The van der Waals surface area contributed by atoms with Crippen LogP contribution in [0.4, 0.5) is 0 Å². The molecule has 2 aliphatic rings. The molecule has 1 saturated heterocycles. The lowest BCUT2D eigenvalue weighted by Gasteiger charge is -2.23. The molecule has 1 unspecified atom stereocenters. The van der Waals surface area contributed by atoms with Gasteiger partial charge in [0.05, 0.1) is 5.41 Å². The quantitative estimate of drug-likeness (QED) is 0.827. The fourth-order valence-electron chi connectivity index (χ4n) is 2.05. The molecule has 0 aromatic rings. The molecule has 1 atom stereocenters. The third-order valence-electron chi connectivity index (χ3n) is 3.41. The van der Waals surface area contributed by atoms with E-state index in [1.165, 1.54) is 25.2 Å². The minimum absolute atomic E-state index is 0.0359. The fraction of sp³-hybridized carbons (Fsp3) is 0.400. The first-order chi connectivity index (χ1) is 9.80. The highest BCUT2D eigenvalue weighted by molar-refractivity contribution is 5.90. The van der Waals surface area contributed by atoms with Gasteiger partial charge in [-0.15, -0.1) is 0 Å². The first-order valence-corrected chi connectivity index (χ1v) is 6.57. The summed E-state index contributed by atoms with van der Waals surface area (Å²) >= 11 is 0. The Kier molecular flexibility index (Phi) is 5.46. The van der Waals surface area contributed by atoms with Gasteiger partial charge in [0, 0.05) is 18.5 Å². The molecule has 1 aliphatic heterocycles. The van der Waals surface area contributed by atoms with Gasteiger partial charge in [-0.05, 0) is 26.0 Å². The number of rotatable bonds is 3. The maximum atomic E-state index is 10.8. The lowest BCUT2D eigenvalue weighted by molar-refractivity contribution is -0.145. The molecule has 1 amide bonds. The highest BCUT2D eigenvalue weighted by Crippen LogP contribution is 2.31. The monoisotopic (exact) mass is 293 g/mol. The normalized spacial score (nSPS) is 24.0. The van der Waals surface area contributed by atoms with Crippen molar-refractivity contribution in [3.8, 4) is 0 Å². The summed E-state index contributed by atoms with van der Waals surface area (Å²) in [5.41, 5.74) is -0.949. The number of carbonyl (C=O) groups excluding carboxylic acids is 1. The average Bonchev–Trinajstić information content (AvgIpc) is 2.84. The lowest BCUT2D eigenvalue weighted by atomic mass is 9.80. The summed E-state index contributed by atoms with van der Waals surface area (Å²) in [6.07, 6.45) is 7.72. The molecule has 1 aliphatic carbocycles. The predicted octanol–water partition coefficient (Wildman–Crippen LogP) is 1.80. The van der Waals surface area contributed by atoms with Crippen molar-refractivity contribution in [3.05, 3.63) is 36.6 Å². The van der Waals surface area contributed by atoms with Gasteiger partial charge in [0.15, 0.2) is 0 Å². The molecule has 6 nitrogen and oxygen atoms in total. The topological polar surface area (TPSA) is 94.9 Å². The van der Waals surface area contributed by atoms with Crippen LogP contribution in [-0.2, 0) is 14.4 Å². The number of carboxylic acids is 2. The Labute approximate surface area is 123 Å². The molecule has 0 radical (unpaired) electrons. The van der Waals surface area contributed by atoms with Gasteiger partial charge in [0.2, 0.25) is 5.91 Å². The van der Waals surface area contributed by atoms with Crippen molar-refractivity contribution in [2.24, 2.45) is 5.41 Å². The maximum absolute atomic E-state index is 10.8. The number of carbonyl (C=O) groups is 3. The summed E-state index contributed by atoms with van der Waals surface area (Å²) in [7, 11) is 0. The zero-order valence-corrected chi connectivity index (χ0v) is 11.9. The predicted molar refractivity (Wildman–Crippen MR) is 76.4 cm³/mol. The lowest BCUT2D eigenvalue weighted by Crippen LogP contribution is -2.28. The molecule has 0 spiro atoms. The van der Waals surface area contributed by atoms with Crippen LogP contribution in [-0.4, -0.2) is 39.5 Å². The van der Waals surface area contributed by atoms with Gasteiger partial charge in [-0.2, -0.15) is 0 Å². The number of hydrogen-bond acceptors (Lipinski definition) is 3. The second-order valence-electron chi connectivity index (χ2n) is 5.13. The second-order valence-corrected chi connectivity index (χ2v) is 5.13. The summed E-state index contributed by atoms with van der Waals surface area (Å²) in [5.74, 6) is -1.85. The van der Waals surface area contributed by atoms with Crippen molar-refractivity contribution >= 4 is 17.8 Å². The molecule has 2 rings (SSSR count). The van der Waals surface area contributed by atoms with E-state index in [4.69, 9.17) is 10.2 Å². The van der Waals surface area contributed by atoms with Crippen molar-refractivity contribution < 1.29 is 24.6 Å². The van der Waals surface area contributed by atoms with Crippen LogP contribution in [0.5, 0.6) is 0 Å². The molecule has 0 aromatic heterocycles. The maximum Gasteiger partial charge on any atom is 0.331 e. The van der Waals surface area contributed by atoms with Crippen molar-refractivity contribution in [1.82, 2.24) is 4.90 Å². The molecule has 0 saturated carbocycles. The van der Waals surface area contributed by atoms with Crippen LogP contribution in [0.25, 0.3) is 0 Å². The third kappa shape index (κ3) is 4.30. The largest absolute Gasteiger partial charge is 0.481 e. The summed E-state index contributed by atoms with van der Waals surface area (Å²) in [5, 5.41) is 17.5. The summed E-state index contributed by atoms with van der Waals surface area (Å²) < 4.78 is 0. The van der Waals surface area contributed by atoms with Crippen molar-refractivity contribution in [2.45, 2.75) is 26.2 Å². The Bertz CT molecular complexity index is 520. The van der Waals surface area contributed by atoms with Crippen LogP contribution in [0.3, 0.4) is 0 Å².